The first-order chi connectivity index (χ1) is 10.2. The Balaban J connectivity index is 1.96. The number of ether oxygens (including phenoxy) is 1. The summed E-state index contributed by atoms with van der Waals surface area (Å²) in [6, 6.07) is 0. The van der Waals surface area contributed by atoms with Crippen LogP contribution in [0.1, 0.15) is 39.5 Å². The molecule has 0 aromatic carbocycles. The van der Waals surface area contributed by atoms with E-state index in [9.17, 15) is 9.59 Å². The van der Waals surface area contributed by atoms with Crippen molar-refractivity contribution in [3.8, 4) is 0 Å². The third kappa shape index (κ3) is 4.03. The normalized spacial score (nSPS) is 20.6. The number of carbonyl (C=O) groups excluding carboxylic acids is 2. The molecule has 5 nitrogen and oxygen atoms in total. The van der Waals surface area contributed by atoms with Gasteiger partial charge in [0.25, 0.3) is 0 Å². The Kier molecular flexibility index (Phi) is 5.73. The minimum Gasteiger partial charge on any atom is -0.465 e. The number of hydrogen-bond acceptors (Lipinski definition) is 6. The van der Waals surface area contributed by atoms with E-state index in [0.29, 0.717) is 18.7 Å². The highest BCUT2D eigenvalue weighted by molar-refractivity contribution is 8.05. The number of carbonyl (C=O) groups is 2. The highest BCUT2D eigenvalue weighted by Crippen LogP contribution is 2.40. The zero-order chi connectivity index (χ0) is 15.2. The molecule has 0 bridgehead atoms. The van der Waals surface area contributed by atoms with Crippen LogP contribution in [0.25, 0.3) is 0 Å². The SMILES string of the molecule is CCCCCCN1C=C2SC(C(=O)OCC)C=C2C(=O)O1. The van der Waals surface area contributed by atoms with Gasteiger partial charge >= 0.3 is 11.9 Å². The Morgan fingerprint density at radius 3 is 2.90 bits per heavy atom. The molecule has 2 aliphatic heterocycles. The first kappa shape index (κ1) is 15.9. The molecule has 2 rings (SSSR count). The number of unbranched alkanes of at least 4 members (excludes halogenated alkanes) is 3. The molecule has 21 heavy (non-hydrogen) atoms. The molecule has 0 saturated carbocycles. The van der Waals surface area contributed by atoms with Crippen molar-refractivity contribution < 1.29 is 19.2 Å². The van der Waals surface area contributed by atoms with Gasteiger partial charge < -0.3 is 9.57 Å². The molecule has 0 amide bonds. The van der Waals surface area contributed by atoms with Crippen LogP contribution >= 0.6 is 11.8 Å². The summed E-state index contributed by atoms with van der Waals surface area (Å²) in [6.07, 6.45) is 7.90. The number of rotatable bonds is 7. The van der Waals surface area contributed by atoms with Gasteiger partial charge in [-0.25, -0.2) is 9.86 Å². The topological polar surface area (TPSA) is 55.8 Å². The Morgan fingerprint density at radius 2 is 2.19 bits per heavy atom. The largest absolute Gasteiger partial charge is 0.465 e. The summed E-state index contributed by atoms with van der Waals surface area (Å²) in [4.78, 5) is 29.7. The van der Waals surface area contributed by atoms with Crippen LogP contribution in [0, 0.1) is 0 Å². The van der Waals surface area contributed by atoms with Gasteiger partial charge in [-0.3, -0.25) is 4.79 Å². The van der Waals surface area contributed by atoms with Crippen LogP contribution in [0.2, 0.25) is 0 Å². The molecule has 0 aromatic rings. The van der Waals surface area contributed by atoms with Crippen LogP contribution in [-0.2, 0) is 19.2 Å². The van der Waals surface area contributed by atoms with E-state index in [-0.39, 0.29) is 11.9 Å². The minimum absolute atomic E-state index is 0.312. The molecule has 0 spiro atoms. The minimum atomic E-state index is -0.446. The van der Waals surface area contributed by atoms with Crippen molar-refractivity contribution in [3.63, 3.8) is 0 Å². The van der Waals surface area contributed by atoms with E-state index in [0.717, 1.165) is 17.7 Å². The number of hydroxylamine groups is 2. The summed E-state index contributed by atoms with van der Waals surface area (Å²) in [5, 5.41) is 1.13. The summed E-state index contributed by atoms with van der Waals surface area (Å²) >= 11 is 1.35. The van der Waals surface area contributed by atoms with Gasteiger partial charge in [0.2, 0.25) is 0 Å². The molecule has 0 aliphatic carbocycles. The Morgan fingerprint density at radius 1 is 1.38 bits per heavy atom. The van der Waals surface area contributed by atoms with Crippen LogP contribution in [-0.4, -0.2) is 35.4 Å². The molecular weight excluding hydrogens is 290 g/mol. The molecule has 0 fully saturated rings. The van der Waals surface area contributed by atoms with Crippen molar-refractivity contribution >= 4 is 23.7 Å². The molecule has 0 aromatic heterocycles. The summed E-state index contributed by atoms with van der Waals surface area (Å²) in [6.45, 7) is 4.95. The van der Waals surface area contributed by atoms with Gasteiger partial charge in [0, 0.05) is 4.91 Å². The average Bonchev–Trinajstić information content (AvgIpc) is 2.89. The Hall–Kier alpha value is -1.43. The van der Waals surface area contributed by atoms with Crippen molar-refractivity contribution in [3.05, 3.63) is 22.8 Å². The van der Waals surface area contributed by atoms with Crippen LogP contribution in [0.3, 0.4) is 0 Å². The predicted octanol–water partition coefficient (Wildman–Crippen LogP) is 2.79. The van der Waals surface area contributed by atoms with Crippen molar-refractivity contribution in [2.24, 2.45) is 0 Å². The van der Waals surface area contributed by atoms with Gasteiger partial charge in [-0.15, -0.1) is 11.8 Å². The van der Waals surface area contributed by atoms with E-state index in [1.54, 1.807) is 18.1 Å². The summed E-state index contributed by atoms with van der Waals surface area (Å²) in [5.41, 5.74) is 0.475. The zero-order valence-electron chi connectivity index (χ0n) is 12.5. The van der Waals surface area contributed by atoms with E-state index in [2.05, 4.69) is 6.92 Å². The van der Waals surface area contributed by atoms with Gasteiger partial charge in [-0.2, -0.15) is 0 Å². The third-order valence-corrected chi connectivity index (χ3v) is 4.43. The average molecular weight is 311 g/mol. The second-order valence-corrected chi connectivity index (χ2v) is 6.13. The molecule has 2 heterocycles. The summed E-state index contributed by atoms with van der Waals surface area (Å²) in [5.74, 6) is -0.699. The first-order valence-corrected chi connectivity index (χ1v) is 8.30. The fraction of sp³-hybridized carbons (Fsp3) is 0.600. The van der Waals surface area contributed by atoms with E-state index >= 15 is 0 Å². The molecule has 6 heteroatoms. The van der Waals surface area contributed by atoms with Crippen molar-refractivity contribution in [2.45, 2.75) is 44.8 Å². The van der Waals surface area contributed by atoms with E-state index < -0.39 is 5.25 Å². The van der Waals surface area contributed by atoms with Gasteiger partial charge in [0.15, 0.2) is 0 Å². The number of hydrogen-bond donors (Lipinski definition) is 0. The van der Waals surface area contributed by atoms with Crippen LogP contribution < -0.4 is 0 Å². The first-order valence-electron chi connectivity index (χ1n) is 7.42. The van der Waals surface area contributed by atoms with E-state index in [4.69, 9.17) is 9.57 Å². The van der Waals surface area contributed by atoms with Gasteiger partial charge in [-0.05, 0) is 19.4 Å². The lowest BCUT2D eigenvalue weighted by atomic mass is 10.2. The van der Waals surface area contributed by atoms with E-state index in [1.165, 1.54) is 24.6 Å². The molecule has 116 valence electrons. The quantitative estimate of drug-likeness (QED) is 0.532. The highest BCUT2D eigenvalue weighted by Gasteiger charge is 2.36. The van der Waals surface area contributed by atoms with Crippen molar-refractivity contribution in [2.75, 3.05) is 13.2 Å². The number of esters is 1. The second-order valence-electron chi connectivity index (χ2n) is 4.94. The van der Waals surface area contributed by atoms with Gasteiger partial charge in [-0.1, -0.05) is 26.2 Å². The Labute approximate surface area is 129 Å². The molecular formula is C15H21NO4S. The molecule has 0 radical (unpaired) electrons. The lowest BCUT2D eigenvalue weighted by Crippen LogP contribution is -2.28. The smallest absolute Gasteiger partial charge is 0.363 e. The van der Waals surface area contributed by atoms with Crippen molar-refractivity contribution in [1.29, 1.82) is 0 Å². The van der Waals surface area contributed by atoms with Crippen molar-refractivity contribution in [1.82, 2.24) is 5.06 Å². The fourth-order valence-electron chi connectivity index (χ4n) is 2.19. The highest BCUT2D eigenvalue weighted by atomic mass is 32.2. The zero-order valence-corrected chi connectivity index (χ0v) is 13.3. The van der Waals surface area contributed by atoms with Gasteiger partial charge in [0.05, 0.1) is 24.9 Å². The lowest BCUT2D eigenvalue weighted by molar-refractivity contribution is -0.175. The predicted molar refractivity (Wildman–Crippen MR) is 81.1 cm³/mol. The second kappa shape index (κ2) is 7.54. The maximum Gasteiger partial charge on any atom is 0.363 e. The monoisotopic (exact) mass is 311 g/mol. The number of fused-ring (bicyclic) bond motifs is 1. The number of thioether (sulfide) groups is 1. The lowest BCUT2D eigenvalue weighted by Gasteiger charge is -2.24. The van der Waals surface area contributed by atoms with Crippen LogP contribution in [0.4, 0.5) is 0 Å². The number of nitrogens with zero attached hydrogens (tertiary/aromatic N) is 1. The third-order valence-electron chi connectivity index (χ3n) is 3.27. The molecule has 0 saturated heterocycles. The maximum absolute atomic E-state index is 12.0. The molecule has 1 atom stereocenters. The summed E-state index contributed by atoms with van der Waals surface area (Å²) < 4.78 is 4.99. The molecule has 0 N–H and O–H groups in total. The maximum atomic E-state index is 12.0. The Bertz CT molecular complexity index is 472. The van der Waals surface area contributed by atoms with Crippen LogP contribution in [0.5, 0.6) is 0 Å². The molecule has 1 unspecified atom stereocenters. The van der Waals surface area contributed by atoms with Crippen LogP contribution in [0.15, 0.2) is 22.8 Å². The summed E-state index contributed by atoms with van der Waals surface area (Å²) in [7, 11) is 0. The molecule has 2 aliphatic rings. The van der Waals surface area contributed by atoms with Gasteiger partial charge in [0.1, 0.15) is 5.25 Å². The fourth-order valence-corrected chi connectivity index (χ4v) is 3.29. The van der Waals surface area contributed by atoms with E-state index in [1.807, 2.05) is 6.20 Å². The standard InChI is InChI=1S/C15H21NO4S/c1-3-5-6-7-8-16-10-13-11(14(17)20-16)9-12(21-13)15(18)19-4-2/h9-10,12H,3-8H2,1-2H3.